The molecule has 0 bridgehead atoms. The Morgan fingerprint density at radius 1 is 0.868 bits per heavy atom. The van der Waals surface area contributed by atoms with Gasteiger partial charge in [-0.15, -0.1) is 0 Å². The quantitative estimate of drug-likeness (QED) is 0.204. The maximum Gasteiger partial charge on any atom is 0.261 e. The van der Waals surface area contributed by atoms with Crippen LogP contribution < -0.4 is 15.6 Å². The highest BCUT2D eigenvalue weighted by molar-refractivity contribution is 6.33. The van der Waals surface area contributed by atoms with Crippen molar-refractivity contribution in [2.45, 2.75) is 46.5 Å². The minimum atomic E-state index is -0.491. The summed E-state index contributed by atoms with van der Waals surface area (Å²) in [5.41, 5.74) is 4.80. The van der Waals surface area contributed by atoms with Crippen LogP contribution in [-0.4, -0.2) is 17.5 Å². The lowest BCUT2D eigenvalue weighted by Gasteiger charge is -2.14. The lowest BCUT2D eigenvalue weighted by atomic mass is 9.97. The molecule has 3 aromatic carbocycles. The smallest absolute Gasteiger partial charge is 0.261 e. The molecule has 0 aliphatic rings. The summed E-state index contributed by atoms with van der Waals surface area (Å²) >= 11 is 6.64. The van der Waals surface area contributed by atoms with E-state index in [0.717, 1.165) is 29.5 Å². The molecular formula is C32H33ClN2O3. The van der Waals surface area contributed by atoms with Gasteiger partial charge >= 0.3 is 0 Å². The number of carbonyl (C=O) groups is 1. The molecule has 0 spiro atoms. The summed E-state index contributed by atoms with van der Waals surface area (Å²) in [6.45, 7) is 6.78. The SMILES string of the molecule is CCCCCCOc1ccc(-c2cc(-c3ccc(C)cc3)c(C(=O)Nc3ccc(C)cc3)c(=O)[nH]2)c(Cl)c1. The van der Waals surface area contributed by atoms with Gasteiger partial charge in [-0.05, 0) is 62.2 Å². The number of halogens is 1. The number of hydrogen-bond donors (Lipinski definition) is 2. The van der Waals surface area contributed by atoms with E-state index in [4.69, 9.17) is 16.3 Å². The average molecular weight is 529 g/mol. The first-order chi connectivity index (χ1) is 18.4. The van der Waals surface area contributed by atoms with Crippen molar-refractivity contribution < 1.29 is 9.53 Å². The fourth-order valence-electron chi connectivity index (χ4n) is 4.24. The molecule has 0 saturated carbocycles. The summed E-state index contributed by atoms with van der Waals surface area (Å²) in [5, 5.41) is 3.31. The Morgan fingerprint density at radius 2 is 1.55 bits per heavy atom. The van der Waals surface area contributed by atoms with Gasteiger partial charge in [0.2, 0.25) is 0 Å². The molecule has 38 heavy (non-hydrogen) atoms. The first-order valence-electron chi connectivity index (χ1n) is 13.0. The van der Waals surface area contributed by atoms with E-state index in [1.807, 2.05) is 80.6 Å². The van der Waals surface area contributed by atoms with E-state index in [9.17, 15) is 9.59 Å². The van der Waals surface area contributed by atoms with Gasteiger partial charge in [0.1, 0.15) is 11.3 Å². The number of aromatic amines is 1. The van der Waals surface area contributed by atoms with Crippen molar-refractivity contribution in [3.8, 4) is 28.1 Å². The number of pyridine rings is 1. The van der Waals surface area contributed by atoms with Crippen LogP contribution in [-0.2, 0) is 0 Å². The van der Waals surface area contributed by atoms with Gasteiger partial charge < -0.3 is 15.0 Å². The molecule has 0 aliphatic heterocycles. The molecule has 0 saturated heterocycles. The molecule has 2 N–H and O–H groups in total. The van der Waals surface area contributed by atoms with Crippen LogP contribution in [0.15, 0.2) is 77.6 Å². The Labute approximate surface area is 228 Å². The highest BCUT2D eigenvalue weighted by Crippen LogP contribution is 2.33. The molecule has 1 amide bonds. The van der Waals surface area contributed by atoms with Gasteiger partial charge in [0.05, 0.1) is 17.3 Å². The number of benzene rings is 3. The molecule has 0 fully saturated rings. The molecule has 0 radical (unpaired) electrons. The Morgan fingerprint density at radius 3 is 2.21 bits per heavy atom. The first kappa shape index (κ1) is 27.2. The molecule has 5 nitrogen and oxygen atoms in total. The predicted octanol–water partition coefficient (Wildman–Crippen LogP) is 8.19. The molecule has 4 rings (SSSR count). The lowest BCUT2D eigenvalue weighted by molar-refractivity contribution is 0.102. The van der Waals surface area contributed by atoms with Crippen LogP contribution >= 0.6 is 11.6 Å². The van der Waals surface area contributed by atoms with Crippen LogP contribution in [0.1, 0.15) is 54.1 Å². The summed E-state index contributed by atoms with van der Waals surface area (Å²) in [6, 6.07) is 22.4. The van der Waals surface area contributed by atoms with Crippen molar-refractivity contribution in [1.82, 2.24) is 4.98 Å². The third-order valence-corrected chi connectivity index (χ3v) is 6.74. The molecular weight excluding hydrogens is 496 g/mol. The molecule has 0 aliphatic carbocycles. The second-order valence-corrected chi connectivity index (χ2v) is 9.94. The van der Waals surface area contributed by atoms with E-state index in [1.165, 1.54) is 12.8 Å². The number of rotatable bonds is 10. The summed E-state index contributed by atoms with van der Waals surface area (Å²) in [7, 11) is 0. The van der Waals surface area contributed by atoms with Crippen LogP contribution in [0.25, 0.3) is 22.4 Å². The molecule has 1 heterocycles. The number of anilines is 1. The van der Waals surface area contributed by atoms with Gasteiger partial charge in [0.25, 0.3) is 11.5 Å². The maximum atomic E-state index is 13.4. The number of nitrogens with one attached hydrogen (secondary N) is 2. The van der Waals surface area contributed by atoms with Crippen molar-refractivity contribution >= 4 is 23.2 Å². The molecule has 1 aromatic heterocycles. The maximum absolute atomic E-state index is 13.4. The van der Waals surface area contributed by atoms with Crippen LogP contribution in [0.5, 0.6) is 5.75 Å². The number of unbranched alkanes of at least 4 members (excludes halogenated alkanes) is 3. The van der Waals surface area contributed by atoms with Crippen molar-refractivity contribution in [2.75, 3.05) is 11.9 Å². The monoisotopic (exact) mass is 528 g/mol. The topological polar surface area (TPSA) is 71.2 Å². The molecule has 6 heteroatoms. The number of H-pyrrole nitrogens is 1. The van der Waals surface area contributed by atoms with E-state index >= 15 is 0 Å². The van der Waals surface area contributed by atoms with E-state index in [2.05, 4.69) is 17.2 Å². The minimum Gasteiger partial charge on any atom is -0.494 e. The third kappa shape index (κ3) is 6.73. The van der Waals surface area contributed by atoms with E-state index < -0.39 is 11.5 Å². The number of ether oxygens (including phenoxy) is 1. The summed E-state index contributed by atoms with van der Waals surface area (Å²) < 4.78 is 5.86. The first-order valence-corrected chi connectivity index (χ1v) is 13.4. The number of hydrogen-bond acceptors (Lipinski definition) is 3. The molecule has 4 aromatic rings. The molecule has 0 atom stereocenters. The second kappa shape index (κ2) is 12.6. The zero-order chi connectivity index (χ0) is 27.1. The standard InChI is InChI=1S/C32H33ClN2O3/c1-4-5-6-7-18-38-25-16-17-26(28(33)19-25)29-20-27(23-12-8-21(2)9-13-23)30(32(37)35-29)31(36)34-24-14-10-22(3)11-15-24/h8-17,19-20H,4-7,18H2,1-3H3,(H,34,36)(H,35,37). The van der Waals surface area contributed by atoms with Gasteiger partial charge in [-0.25, -0.2) is 0 Å². The van der Waals surface area contributed by atoms with Gasteiger partial charge in [-0.2, -0.15) is 0 Å². The number of amides is 1. The molecule has 0 unspecified atom stereocenters. The van der Waals surface area contributed by atoms with Gasteiger partial charge in [0, 0.05) is 16.8 Å². The van der Waals surface area contributed by atoms with Crippen molar-refractivity contribution in [3.63, 3.8) is 0 Å². The summed E-state index contributed by atoms with van der Waals surface area (Å²) in [5.74, 6) is 0.209. The van der Waals surface area contributed by atoms with Crippen molar-refractivity contribution in [1.29, 1.82) is 0 Å². The predicted molar refractivity (Wildman–Crippen MR) is 156 cm³/mol. The highest BCUT2D eigenvalue weighted by atomic mass is 35.5. The Bertz CT molecular complexity index is 1460. The Balaban J connectivity index is 1.69. The van der Waals surface area contributed by atoms with Crippen LogP contribution in [0.3, 0.4) is 0 Å². The van der Waals surface area contributed by atoms with E-state index in [-0.39, 0.29) is 5.56 Å². The highest BCUT2D eigenvalue weighted by Gasteiger charge is 2.20. The normalized spacial score (nSPS) is 10.8. The Hall–Kier alpha value is -3.83. The van der Waals surface area contributed by atoms with Crippen LogP contribution in [0, 0.1) is 13.8 Å². The minimum absolute atomic E-state index is 0.0429. The zero-order valence-corrected chi connectivity index (χ0v) is 22.8. The van der Waals surface area contributed by atoms with Gasteiger partial charge in [0.15, 0.2) is 0 Å². The van der Waals surface area contributed by atoms with Gasteiger partial charge in [-0.3, -0.25) is 9.59 Å². The van der Waals surface area contributed by atoms with E-state index in [1.54, 1.807) is 6.07 Å². The Kier molecular flexibility index (Phi) is 9.03. The third-order valence-electron chi connectivity index (χ3n) is 6.43. The fraction of sp³-hybridized carbons (Fsp3) is 0.250. The number of carbonyl (C=O) groups excluding carboxylic acids is 1. The van der Waals surface area contributed by atoms with Crippen molar-refractivity contribution in [3.05, 3.63) is 105 Å². The van der Waals surface area contributed by atoms with E-state index in [0.29, 0.717) is 39.9 Å². The second-order valence-electron chi connectivity index (χ2n) is 9.54. The largest absolute Gasteiger partial charge is 0.494 e. The average Bonchev–Trinajstić information content (AvgIpc) is 2.90. The van der Waals surface area contributed by atoms with Gasteiger partial charge in [-0.1, -0.05) is 85.3 Å². The number of aryl methyl sites for hydroxylation is 2. The summed E-state index contributed by atoms with van der Waals surface area (Å²) in [4.78, 5) is 29.6. The van der Waals surface area contributed by atoms with Crippen LogP contribution in [0.2, 0.25) is 5.02 Å². The number of aromatic nitrogens is 1. The zero-order valence-electron chi connectivity index (χ0n) is 22.1. The van der Waals surface area contributed by atoms with Crippen molar-refractivity contribution in [2.24, 2.45) is 0 Å². The summed E-state index contributed by atoms with van der Waals surface area (Å²) in [6.07, 6.45) is 4.50. The lowest BCUT2D eigenvalue weighted by Crippen LogP contribution is -2.25. The molecule has 196 valence electrons. The van der Waals surface area contributed by atoms with Crippen LogP contribution in [0.4, 0.5) is 5.69 Å². The fourth-order valence-corrected chi connectivity index (χ4v) is 4.52.